The number of fused-ring (bicyclic) bond motifs is 1. The van der Waals surface area contributed by atoms with E-state index in [0.29, 0.717) is 32.0 Å². The number of rotatable bonds is 9. The standard InChI is InChI=1S/C23H24N4O2S.ClH/c1-28-20-14-18(9-10-19(20)29-16-17-6-3-2-4-7-17)15-27(13-11-24)23-26-22-21(30-23)8-5-12-25-22;/h2-10,12,14H,11,13,15-16,24H2,1H3;1H. The van der Waals surface area contributed by atoms with Gasteiger partial charge in [0.15, 0.2) is 22.3 Å². The minimum Gasteiger partial charge on any atom is -0.493 e. The summed E-state index contributed by atoms with van der Waals surface area (Å²) in [6, 6.07) is 20.1. The molecule has 0 saturated heterocycles. The van der Waals surface area contributed by atoms with E-state index < -0.39 is 0 Å². The van der Waals surface area contributed by atoms with Gasteiger partial charge in [0.2, 0.25) is 0 Å². The second-order valence-electron chi connectivity index (χ2n) is 6.79. The molecule has 2 aromatic carbocycles. The molecule has 0 fully saturated rings. The number of anilines is 1. The topological polar surface area (TPSA) is 73.5 Å². The fourth-order valence-electron chi connectivity index (χ4n) is 3.18. The van der Waals surface area contributed by atoms with E-state index in [2.05, 4.69) is 20.9 Å². The Labute approximate surface area is 192 Å². The zero-order valence-electron chi connectivity index (χ0n) is 17.2. The van der Waals surface area contributed by atoms with Crippen molar-refractivity contribution in [3.8, 4) is 11.5 Å². The smallest absolute Gasteiger partial charge is 0.188 e. The van der Waals surface area contributed by atoms with Gasteiger partial charge in [-0.15, -0.1) is 12.4 Å². The third-order valence-corrected chi connectivity index (χ3v) is 5.73. The first-order valence-corrected chi connectivity index (χ1v) is 10.6. The maximum Gasteiger partial charge on any atom is 0.188 e. The molecule has 0 aliphatic rings. The number of hydrogen-bond donors (Lipinski definition) is 1. The molecule has 0 aliphatic carbocycles. The van der Waals surface area contributed by atoms with Crippen LogP contribution in [0.25, 0.3) is 10.3 Å². The molecule has 4 aromatic rings. The van der Waals surface area contributed by atoms with Crippen LogP contribution in [-0.2, 0) is 13.2 Å². The third-order valence-electron chi connectivity index (χ3n) is 4.66. The number of thiazole rings is 1. The molecule has 0 bridgehead atoms. The molecule has 0 atom stereocenters. The van der Waals surface area contributed by atoms with Gasteiger partial charge in [0.25, 0.3) is 0 Å². The summed E-state index contributed by atoms with van der Waals surface area (Å²) >= 11 is 1.62. The molecule has 162 valence electrons. The van der Waals surface area contributed by atoms with Crippen LogP contribution in [0, 0.1) is 0 Å². The van der Waals surface area contributed by atoms with E-state index >= 15 is 0 Å². The maximum atomic E-state index is 5.97. The van der Waals surface area contributed by atoms with E-state index in [9.17, 15) is 0 Å². The van der Waals surface area contributed by atoms with E-state index in [1.807, 2.05) is 54.6 Å². The number of pyridine rings is 1. The van der Waals surface area contributed by atoms with Crippen molar-refractivity contribution in [3.63, 3.8) is 0 Å². The third kappa shape index (κ3) is 5.64. The van der Waals surface area contributed by atoms with Crippen LogP contribution in [-0.4, -0.2) is 30.2 Å². The van der Waals surface area contributed by atoms with Crippen molar-refractivity contribution in [1.82, 2.24) is 9.97 Å². The summed E-state index contributed by atoms with van der Waals surface area (Å²) in [5.74, 6) is 1.43. The molecule has 2 aromatic heterocycles. The Bertz CT molecular complexity index is 1070. The Kier molecular flexibility index (Phi) is 8.06. The maximum absolute atomic E-state index is 5.97. The van der Waals surface area contributed by atoms with Crippen molar-refractivity contribution in [2.45, 2.75) is 13.2 Å². The lowest BCUT2D eigenvalue weighted by atomic mass is 10.2. The molecule has 8 heteroatoms. The Morgan fingerprint density at radius 2 is 1.84 bits per heavy atom. The summed E-state index contributed by atoms with van der Waals surface area (Å²) in [7, 11) is 1.66. The average molecular weight is 457 g/mol. The summed E-state index contributed by atoms with van der Waals surface area (Å²) in [6.07, 6.45) is 1.76. The van der Waals surface area contributed by atoms with Crippen molar-refractivity contribution in [2.24, 2.45) is 5.73 Å². The van der Waals surface area contributed by atoms with E-state index in [4.69, 9.17) is 15.2 Å². The van der Waals surface area contributed by atoms with Crippen LogP contribution in [0.5, 0.6) is 11.5 Å². The van der Waals surface area contributed by atoms with Gasteiger partial charge < -0.3 is 20.1 Å². The summed E-state index contributed by atoms with van der Waals surface area (Å²) in [4.78, 5) is 11.2. The van der Waals surface area contributed by atoms with Gasteiger partial charge in [-0.2, -0.15) is 4.98 Å². The van der Waals surface area contributed by atoms with Crippen LogP contribution < -0.4 is 20.1 Å². The Balaban J connectivity index is 0.00000272. The van der Waals surface area contributed by atoms with E-state index in [1.54, 1.807) is 24.6 Å². The quantitative estimate of drug-likeness (QED) is 0.394. The first-order valence-electron chi connectivity index (χ1n) is 9.77. The number of halogens is 1. The zero-order chi connectivity index (χ0) is 20.8. The molecule has 2 heterocycles. The molecule has 6 nitrogen and oxygen atoms in total. The number of nitrogens with two attached hydrogens (primary N) is 1. The fourth-order valence-corrected chi connectivity index (χ4v) is 4.13. The second-order valence-corrected chi connectivity index (χ2v) is 7.80. The average Bonchev–Trinajstić information content (AvgIpc) is 3.23. The number of nitrogens with zero attached hydrogens (tertiary/aromatic N) is 3. The number of ether oxygens (including phenoxy) is 2. The highest BCUT2D eigenvalue weighted by Crippen LogP contribution is 2.32. The van der Waals surface area contributed by atoms with Crippen molar-refractivity contribution in [3.05, 3.63) is 78.0 Å². The van der Waals surface area contributed by atoms with Crippen molar-refractivity contribution in [1.29, 1.82) is 0 Å². The monoisotopic (exact) mass is 456 g/mol. The first-order chi connectivity index (χ1) is 14.8. The SMILES string of the molecule is COc1cc(CN(CCN)c2nc3ncccc3s2)ccc1OCc1ccccc1.Cl. The molecule has 2 N–H and O–H groups in total. The summed E-state index contributed by atoms with van der Waals surface area (Å²) in [5.41, 5.74) is 8.84. The van der Waals surface area contributed by atoms with Gasteiger partial charge in [-0.05, 0) is 35.4 Å². The van der Waals surface area contributed by atoms with Crippen molar-refractivity contribution < 1.29 is 9.47 Å². The molecule has 0 spiro atoms. The van der Waals surface area contributed by atoms with E-state index in [1.165, 1.54) is 0 Å². The predicted molar refractivity (Wildman–Crippen MR) is 129 cm³/mol. The van der Waals surface area contributed by atoms with Gasteiger partial charge in [0.1, 0.15) is 6.61 Å². The van der Waals surface area contributed by atoms with Gasteiger partial charge in [0, 0.05) is 25.8 Å². The molecule has 0 amide bonds. The second kappa shape index (κ2) is 10.9. The highest BCUT2D eigenvalue weighted by molar-refractivity contribution is 7.22. The normalized spacial score (nSPS) is 10.5. The highest BCUT2D eigenvalue weighted by atomic mass is 35.5. The van der Waals surface area contributed by atoms with E-state index in [0.717, 1.165) is 32.4 Å². The minimum atomic E-state index is 0. The molecule has 0 saturated carbocycles. The fraction of sp³-hybridized carbons (Fsp3) is 0.217. The van der Waals surface area contributed by atoms with Crippen LogP contribution in [0.3, 0.4) is 0 Å². The predicted octanol–water partition coefficient (Wildman–Crippen LogP) is 4.67. The van der Waals surface area contributed by atoms with Gasteiger partial charge >= 0.3 is 0 Å². The lowest BCUT2D eigenvalue weighted by Gasteiger charge is -2.21. The van der Waals surface area contributed by atoms with E-state index in [-0.39, 0.29) is 12.4 Å². The molecule has 4 rings (SSSR count). The highest BCUT2D eigenvalue weighted by Gasteiger charge is 2.14. The van der Waals surface area contributed by atoms with Gasteiger partial charge in [-0.25, -0.2) is 4.98 Å². The molecule has 0 unspecified atom stereocenters. The van der Waals surface area contributed by atoms with Crippen molar-refractivity contribution in [2.75, 3.05) is 25.1 Å². The Morgan fingerprint density at radius 3 is 2.58 bits per heavy atom. The number of aromatic nitrogens is 2. The van der Waals surface area contributed by atoms with Gasteiger partial charge in [0.05, 0.1) is 11.8 Å². The Hall–Kier alpha value is -2.87. The molecule has 0 aliphatic heterocycles. The molecule has 0 radical (unpaired) electrons. The summed E-state index contributed by atoms with van der Waals surface area (Å²) in [6.45, 7) is 2.41. The van der Waals surface area contributed by atoms with Crippen LogP contribution in [0.4, 0.5) is 5.13 Å². The zero-order valence-corrected chi connectivity index (χ0v) is 18.9. The summed E-state index contributed by atoms with van der Waals surface area (Å²) in [5, 5.41) is 0.914. The molecular formula is C23H25ClN4O2S. The van der Waals surface area contributed by atoms with Crippen LogP contribution in [0.15, 0.2) is 66.9 Å². The van der Waals surface area contributed by atoms with Crippen molar-refractivity contribution >= 4 is 39.2 Å². The summed E-state index contributed by atoms with van der Waals surface area (Å²) < 4.78 is 12.6. The number of hydrogen-bond acceptors (Lipinski definition) is 7. The van der Waals surface area contributed by atoms with Crippen LogP contribution in [0.2, 0.25) is 0 Å². The minimum absolute atomic E-state index is 0. The lowest BCUT2D eigenvalue weighted by Crippen LogP contribution is -2.28. The largest absolute Gasteiger partial charge is 0.493 e. The molecule has 31 heavy (non-hydrogen) atoms. The first kappa shape index (κ1) is 22.8. The van der Waals surface area contributed by atoms with Gasteiger partial charge in [-0.3, -0.25) is 0 Å². The Morgan fingerprint density at radius 1 is 1.00 bits per heavy atom. The number of methoxy groups -OCH3 is 1. The van der Waals surface area contributed by atoms with Crippen LogP contribution >= 0.6 is 23.7 Å². The lowest BCUT2D eigenvalue weighted by molar-refractivity contribution is 0.284. The number of benzene rings is 2. The van der Waals surface area contributed by atoms with Crippen LogP contribution in [0.1, 0.15) is 11.1 Å². The van der Waals surface area contributed by atoms with Gasteiger partial charge in [-0.1, -0.05) is 47.7 Å². The molecular weight excluding hydrogens is 432 g/mol.